The summed E-state index contributed by atoms with van der Waals surface area (Å²) >= 11 is 2.82. The summed E-state index contributed by atoms with van der Waals surface area (Å²) in [7, 11) is 0. The van der Waals surface area contributed by atoms with Gasteiger partial charge in [0.1, 0.15) is 0 Å². The lowest BCUT2D eigenvalue weighted by molar-refractivity contribution is 0.0986. The highest BCUT2D eigenvalue weighted by atomic mass is 32.1. The smallest absolute Gasteiger partial charge is 0.214 e. The lowest BCUT2D eigenvalue weighted by Crippen LogP contribution is -2.15. The first-order chi connectivity index (χ1) is 15.2. The Kier molecular flexibility index (Phi) is 4.84. The molecule has 0 aliphatic heterocycles. The number of benzene rings is 2. The maximum absolute atomic E-state index is 12.2. The summed E-state index contributed by atoms with van der Waals surface area (Å²) in [4.78, 5) is 39.7. The van der Waals surface area contributed by atoms with E-state index in [9.17, 15) is 14.4 Å². The summed E-state index contributed by atoms with van der Waals surface area (Å²) in [5.74, 6) is 0.177. The number of carbonyl (C=O) groups excluding carboxylic acids is 3. The van der Waals surface area contributed by atoms with Crippen molar-refractivity contribution >= 4 is 40.0 Å². The van der Waals surface area contributed by atoms with E-state index in [1.54, 1.807) is 0 Å². The van der Waals surface area contributed by atoms with Gasteiger partial charge in [-0.05, 0) is 63.1 Å². The molecule has 2 heterocycles. The van der Waals surface area contributed by atoms with Gasteiger partial charge in [0.05, 0.1) is 9.75 Å². The van der Waals surface area contributed by atoms with Crippen LogP contribution in [-0.4, -0.2) is 17.3 Å². The molecule has 158 valence electrons. The molecule has 2 aliphatic carbocycles. The van der Waals surface area contributed by atoms with Crippen molar-refractivity contribution in [2.75, 3.05) is 0 Å². The lowest BCUT2D eigenvalue weighted by Gasteiger charge is -2.08. The number of rotatable bonds is 0. The average Bonchev–Trinajstić information content (AvgIpc) is 3.42. The van der Waals surface area contributed by atoms with Crippen LogP contribution in [-0.2, 0) is 0 Å². The maximum atomic E-state index is 12.2. The molecule has 4 aromatic rings. The molecule has 3 nitrogen and oxygen atoms in total. The zero-order valence-corrected chi connectivity index (χ0v) is 19.8. The summed E-state index contributed by atoms with van der Waals surface area (Å²) < 4.78 is 0. The second kappa shape index (κ2) is 7.47. The normalized spacial score (nSPS) is 13.2. The molecule has 2 aromatic carbocycles. The Morgan fingerprint density at radius 3 is 1.31 bits per heavy atom. The van der Waals surface area contributed by atoms with Crippen molar-refractivity contribution in [1.82, 2.24) is 0 Å². The second-order valence-corrected chi connectivity index (χ2v) is 10.8. The van der Waals surface area contributed by atoms with Gasteiger partial charge in [0.15, 0.2) is 11.6 Å². The van der Waals surface area contributed by atoms with Gasteiger partial charge in [-0.3, -0.25) is 14.4 Å². The third kappa shape index (κ3) is 3.20. The van der Waals surface area contributed by atoms with E-state index in [1.165, 1.54) is 22.7 Å². The number of carbonyl (C=O) groups is 3. The van der Waals surface area contributed by atoms with Crippen molar-refractivity contribution in [2.45, 2.75) is 27.7 Å². The zero-order chi connectivity index (χ0) is 22.7. The molecular formula is C27H20O3S2. The van der Waals surface area contributed by atoms with Crippen LogP contribution in [0, 0.1) is 27.7 Å². The Labute approximate surface area is 194 Å². The minimum atomic E-state index is -0.00157. The van der Waals surface area contributed by atoms with E-state index in [1.807, 2.05) is 64.1 Å². The number of ketones is 3. The van der Waals surface area contributed by atoms with Gasteiger partial charge in [-0.2, -0.15) is 0 Å². The predicted molar refractivity (Wildman–Crippen MR) is 130 cm³/mol. The zero-order valence-electron chi connectivity index (χ0n) is 18.2. The quantitative estimate of drug-likeness (QED) is 0.255. The molecule has 0 N–H and O–H groups in total. The van der Waals surface area contributed by atoms with E-state index in [0.29, 0.717) is 20.9 Å². The van der Waals surface area contributed by atoms with Crippen molar-refractivity contribution in [3.8, 4) is 11.1 Å². The third-order valence-corrected chi connectivity index (χ3v) is 7.84. The summed E-state index contributed by atoms with van der Waals surface area (Å²) in [5, 5.41) is 0. The van der Waals surface area contributed by atoms with Gasteiger partial charge in [0.25, 0.3) is 0 Å². The van der Waals surface area contributed by atoms with Crippen LogP contribution >= 0.6 is 22.7 Å². The maximum Gasteiger partial charge on any atom is 0.214 e. The number of aryl methyl sites for hydroxylation is 4. The summed E-state index contributed by atoms with van der Waals surface area (Å²) in [6.45, 7) is 7.87. The van der Waals surface area contributed by atoms with Crippen LogP contribution in [0.5, 0.6) is 0 Å². The molecule has 0 amide bonds. The molecule has 5 heteroatoms. The first-order valence-electron chi connectivity index (χ1n) is 10.3. The van der Waals surface area contributed by atoms with E-state index in [2.05, 4.69) is 12.1 Å². The van der Waals surface area contributed by atoms with Crippen LogP contribution < -0.4 is 0 Å². The van der Waals surface area contributed by atoms with Gasteiger partial charge < -0.3 is 0 Å². The van der Waals surface area contributed by atoms with Crippen LogP contribution in [0.2, 0.25) is 0 Å². The number of hydrogen-bond acceptors (Lipinski definition) is 5. The molecule has 0 unspecified atom stereocenters. The molecule has 0 radical (unpaired) electrons. The van der Waals surface area contributed by atoms with Crippen LogP contribution in [0.3, 0.4) is 0 Å². The molecule has 0 saturated heterocycles. The van der Waals surface area contributed by atoms with Crippen LogP contribution in [0.15, 0.2) is 48.5 Å². The molecular weight excluding hydrogens is 436 g/mol. The number of thiophene rings is 2. The van der Waals surface area contributed by atoms with E-state index in [-0.39, 0.29) is 17.3 Å². The summed E-state index contributed by atoms with van der Waals surface area (Å²) in [5.41, 5.74) is 7.28. The molecule has 6 rings (SSSR count). The Morgan fingerprint density at radius 2 is 0.875 bits per heavy atom. The van der Waals surface area contributed by atoms with Crippen molar-refractivity contribution in [2.24, 2.45) is 0 Å². The minimum absolute atomic E-state index is 0.00157. The van der Waals surface area contributed by atoms with Crippen LogP contribution in [0.25, 0.3) is 11.1 Å². The second-order valence-electron chi connectivity index (χ2n) is 8.29. The first-order valence-corrected chi connectivity index (χ1v) is 11.9. The van der Waals surface area contributed by atoms with Crippen LogP contribution in [0.1, 0.15) is 67.3 Å². The third-order valence-electron chi connectivity index (χ3n) is 5.74. The highest BCUT2D eigenvalue weighted by Gasteiger charge is 2.33. The molecule has 0 saturated carbocycles. The topological polar surface area (TPSA) is 51.2 Å². The molecule has 0 fully saturated rings. The van der Waals surface area contributed by atoms with Crippen molar-refractivity contribution < 1.29 is 14.4 Å². The van der Waals surface area contributed by atoms with E-state index in [0.717, 1.165) is 43.1 Å². The largest absolute Gasteiger partial charge is 0.289 e. The Morgan fingerprint density at radius 1 is 0.469 bits per heavy atom. The first kappa shape index (κ1) is 20.7. The van der Waals surface area contributed by atoms with Gasteiger partial charge in [-0.1, -0.05) is 35.4 Å². The molecule has 32 heavy (non-hydrogen) atoms. The lowest BCUT2D eigenvalue weighted by atomic mass is 9.95. The molecule has 0 atom stereocenters. The molecule has 0 bridgehead atoms. The Balaban J connectivity index is 0.000000135. The fraction of sp³-hybridized carbons (Fsp3) is 0.148. The average molecular weight is 457 g/mol. The molecule has 0 spiro atoms. The van der Waals surface area contributed by atoms with Crippen molar-refractivity contribution in [3.63, 3.8) is 0 Å². The van der Waals surface area contributed by atoms with Gasteiger partial charge >= 0.3 is 0 Å². The standard InChI is InChI=1S/C15H12O.C12H8O2S2/c1-9-3-5-11-12-6-4-10(2)8-14(12)15(16)13(11)7-9;1-5-3-7-9(13)8-4-6(2)16-12(8)10(14)11(7)15-5/h3-8H,1-2H3;3-4H,1-2H3. The Hall–Kier alpha value is -3.15. The molecule has 2 aliphatic rings. The minimum Gasteiger partial charge on any atom is -0.289 e. The van der Waals surface area contributed by atoms with Gasteiger partial charge in [-0.15, -0.1) is 22.7 Å². The van der Waals surface area contributed by atoms with E-state index >= 15 is 0 Å². The number of hydrogen-bond donors (Lipinski definition) is 0. The van der Waals surface area contributed by atoms with E-state index < -0.39 is 0 Å². The van der Waals surface area contributed by atoms with E-state index in [4.69, 9.17) is 0 Å². The highest BCUT2D eigenvalue weighted by molar-refractivity contribution is 7.18. The summed E-state index contributed by atoms with van der Waals surface area (Å²) in [6.07, 6.45) is 0. The van der Waals surface area contributed by atoms with Crippen molar-refractivity contribution in [1.29, 1.82) is 0 Å². The van der Waals surface area contributed by atoms with Gasteiger partial charge in [0, 0.05) is 32.0 Å². The van der Waals surface area contributed by atoms with Crippen LogP contribution in [0.4, 0.5) is 0 Å². The monoisotopic (exact) mass is 456 g/mol. The fourth-order valence-electron chi connectivity index (χ4n) is 4.26. The number of fused-ring (bicyclic) bond motifs is 5. The van der Waals surface area contributed by atoms with Gasteiger partial charge in [-0.25, -0.2) is 0 Å². The predicted octanol–water partition coefficient (Wildman–Crippen LogP) is 6.72. The van der Waals surface area contributed by atoms with Gasteiger partial charge in [0.2, 0.25) is 5.78 Å². The Bertz CT molecular complexity index is 1310. The highest BCUT2D eigenvalue weighted by Crippen LogP contribution is 2.38. The SMILES string of the molecule is Cc1cc2c(s1)C(=O)c1sc(C)cc1C2=O.Cc1ccc2c(c1)C(=O)c1cc(C)ccc1-2. The summed E-state index contributed by atoms with van der Waals surface area (Å²) in [6, 6.07) is 15.8. The molecule has 2 aromatic heterocycles. The fourth-order valence-corrected chi connectivity index (χ4v) is 6.23. The van der Waals surface area contributed by atoms with Crippen molar-refractivity contribution in [3.05, 3.63) is 101 Å².